The molecule has 0 unspecified atom stereocenters. The summed E-state index contributed by atoms with van der Waals surface area (Å²) in [4.78, 5) is 17.1. The molecule has 0 spiro atoms. The number of nitrogens with one attached hydrogen (secondary N) is 2. The van der Waals surface area contributed by atoms with E-state index in [2.05, 4.69) is 45.5 Å². The van der Waals surface area contributed by atoms with Crippen LogP contribution in [0, 0.1) is 6.92 Å². The van der Waals surface area contributed by atoms with Crippen molar-refractivity contribution >= 4 is 23.1 Å². The Balaban J connectivity index is 2.00. The Labute approximate surface area is 164 Å². The van der Waals surface area contributed by atoms with Crippen molar-refractivity contribution in [2.45, 2.75) is 6.92 Å². The fourth-order valence-corrected chi connectivity index (χ4v) is 2.95. The molecule has 0 saturated carbocycles. The maximum atomic E-state index is 12.4. The van der Waals surface area contributed by atoms with Crippen LogP contribution in [-0.2, 0) is 7.05 Å². The van der Waals surface area contributed by atoms with E-state index in [9.17, 15) is 4.79 Å². The number of aliphatic imine (C=N–C) groups is 1. The van der Waals surface area contributed by atoms with Gasteiger partial charge < -0.3 is 10.6 Å². The largest absolute Gasteiger partial charge is 0.386 e. The monoisotopic (exact) mass is 373 g/mol. The first-order valence-electron chi connectivity index (χ1n) is 8.91. The summed E-state index contributed by atoms with van der Waals surface area (Å²) in [5, 5.41) is 9.98. The molecule has 0 aliphatic heterocycles. The van der Waals surface area contributed by atoms with Crippen molar-refractivity contribution < 1.29 is 4.79 Å². The maximum Gasteiger partial charge on any atom is 0.260 e. The van der Waals surface area contributed by atoms with Crippen LogP contribution in [0.1, 0.15) is 15.9 Å². The number of hydrogen-bond donors (Lipinski definition) is 2. The molecule has 142 valence electrons. The fourth-order valence-electron chi connectivity index (χ4n) is 2.95. The molecule has 2 aromatic carbocycles. The van der Waals surface area contributed by atoms with E-state index in [4.69, 9.17) is 0 Å². The molecule has 28 heavy (non-hydrogen) atoms. The van der Waals surface area contributed by atoms with E-state index in [1.807, 2.05) is 38.2 Å². The number of anilines is 1. The molecule has 0 atom stereocenters. The summed E-state index contributed by atoms with van der Waals surface area (Å²) in [7, 11) is 3.61. The molecule has 3 aromatic rings. The van der Waals surface area contributed by atoms with Crippen molar-refractivity contribution in [3.63, 3.8) is 0 Å². The highest BCUT2D eigenvalue weighted by Crippen LogP contribution is 2.36. The Morgan fingerprint density at radius 3 is 2.57 bits per heavy atom. The Morgan fingerprint density at radius 2 is 1.96 bits per heavy atom. The molecule has 6 heteroatoms. The summed E-state index contributed by atoms with van der Waals surface area (Å²) >= 11 is 0. The number of carbonyl (C=O) groups excluding carboxylic acids is 1. The fraction of sp³-hybridized carbons (Fsp3) is 0.136. The van der Waals surface area contributed by atoms with E-state index in [1.54, 1.807) is 17.9 Å². The van der Waals surface area contributed by atoms with Crippen molar-refractivity contribution in [3.05, 3.63) is 78.6 Å². The van der Waals surface area contributed by atoms with Gasteiger partial charge in [-0.15, -0.1) is 0 Å². The number of carbonyl (C=O) groups is 1. The minimum atomic E-state index is -0.283. The number of rotatable bonds is 5. The van der Waals surface area contributed by atoms with E-state index in [0.717, 1.165) is 28.1 Å². The van der Waals surface area contributed by atoms with Crippen LogP contribution in [0.15, 0.2) is 72.5 Å². The molecular formula is C22H23N5O. The SMILES string of the molecule is C=CC(=Nc1c(NC)ccc(-c2ccccc2)c1C)NC(=O)c1cnn(C)c1. The normalized spacial score (nSPS) is 11.2. The highest BCUT2D eigenvalue weighted by atomic mass is 16.1. The third kappa shape index (κ3) is 4.01. The van der Waals surface area contributed by atoms with Crippen LogP contribution in [-0.4, -0.2) is 28.6 Å². The molecule has 1 aromatic heterocycles. The standard InChI is InChI=1S/C22H23N5O/c1-5-20(26-22(28)17-13-24-27(4)14-17)25-21-15(2)18(11-12-19(21)23-3)16-9-7-6-8-10-16/h5-14,23H,1H2,2-4H3,(H,25,26,28). The lowest BCUT2D eigenvalue weighted by atomic mass is 9.98. The minimum Gasteiger partial charge on any atom is -0.386 e. The number of aromatic nitrogens is 2. The lowest BCUT2D eigenvalue weighted by molar-refractivity contribution is 0.0977. The maximum absolute atomic E-state index is 12.4. The van der Waals surface area contributed by atoms with Crippen LogP contribution >= 0.6 is 0 Å². The van der Waals surface area contributed by atoms with E-state index in [0.29, 0.717) is 11.4 Å². The molecule has 0 aliphatic rings. The van der Waals surface area contributed by atoms with Gasteiger partial charge in [-0.3, -0.25) is 9.48 Å². The molecule has 0 aliphatic carbocycles. The summed E-state index contributed by atoms with van der Waals surface area (Å²) in [6, 6.07) is 14.2. The summed E-state index contributed by atoms with van der Waals surface area (Å²) in [6.45, 7) is 5.81. The number of benzene rings is 2. The smallest absolute Gasteiger partial charge is 0.260 e. The van der Waals surface area contributed by atoms with Gasteiger partial charge in [-0.1, -0.05) is 43.0 Å². The zero-order valence-electron chi connectivity index (χ0n) is 16.2. The van der Waals surface area contributed by atoms with E-state index in [-0.39, 0.29) is 5.91 Å². The lowest BCUT2D eigenvalue weighted by Gasteiger charge is -2.14. The third-order valence-corrected chi connectivity index (χ3v) is 4.42. The zero-order valence-corrected chi connectivity index (χ0v) is 16.2. The predicted octanol–water partition coefficient (Wildman–Crippen LogP) is 4.08. The van der Waals surface area contributed by atoms with Gasteiger partial charge in [0, 0.05) is 20.3 Å². The third-order valence-electron chi connectivity index (χ3n) is 4.42. The van der Waals surface area contributed by atoms with Crippen molar-refractivity contribution in [2.75, 3.05) is 12.4 Å². The molecule has 0 bridgehead atoms. The second kappa shape index (κ2) is 8.35. The number of aryl methyl sites for hydroxylation is 1. The average Bonchev–Trinajstić information content (AvgIpc) is 3.15. The second-order valence-corrected chi connectivity index (χ2v) is 6.31. The summed E-state index contributed by atoms with van der Waals surface area (Å²) in [5.41, 5.74) is 5.28. The molecule has 0 fully saturated rings. The Morgan fingerprint density at radius 1 is 1.21 bits per heavy atom. The van der Waals surface area contributed by atoms with Crippen LogP contribution in [0.5, 0.6) is 0 Å². The van der Waals surface area contributed by atoms with E-state index in [1.165, 1.54) is 12.3 Å². The molecule has 1 amide bonds. The first-order valence-corrected chi connectivity index (χ1v) is 8.91. The molecule has 6 nitrogen and oxygen atoms in total. The Bertz CT molecular complexity index is 1030. The van der Waals surface area contributed by atoms with Gasteiger partial charge in [0.05, 0.1) is 23.1 Å². The van der Waals surface area contributed by atoms with Gasteiger partial charge in [0.2, 0.25) is 0 Å². The number of hydrogen-bond acceptors (Lipinski definition) is 4. The first kappa shape index (κ1) is 19.1. The van der Waals surface area contributed by atoms with Crippen LogP contribution in [0.4, 0.5) is 11.4 Å². The van der Waals surface area contributed by atoms with Crippen LogP contribution in [0.2, 0.25) is 0 Å². The molecule has 0 radical (unpaired) electrons. The van der Waals surface area contributed by atoms with Crippen LogP contribution in [0.25, 0.3) is 11.1 Å². The molecule has 3 rings (SSSR count). The van der Waals surface area contributed by atoms with Gasteiger partial charge in [-0.2, -0.15) is 5.10 Å². The van der Waals surface area contributed by atoms with Gasteiger partial charge >= 0.3 is 0 Å². The second-order valence-electron chi connectivity index (χ2n) is 6.31. The quantitative estimate of drug-likeness (QED) is 0.523. The number of amides is 1. The molecule has 0 saturated heterocycles. The van der Waals surface area contributed by atoms with Crippen LogP contribution in [0.3, 0.4) is 0 Å². The molecule has 2 N–H and O–H groups in total. The minimum absolute atomic E-state index is 0.283. The highest BCUT2D eigenvalue weighted by molar-refractivity contribution is 6.11. The Hall–Kier alpha value is -3.67. The van der Waals surface area contributed by atoms with Gasteiger partial charge in [-0.05, 0) is 35.8 Å². The average molecular weight is 373 g/mol. The molecular weight excluding hydrogens is 350 g/mol. The molecule has 1 heterocycles. The van der Waals surface area contributed by atoms with Crippen molar-refractivity contribution in [2.24, 2.45) is 12.0 Å². The summed E-state index contributed by atoms with van der Waals surface area (Å²) < 4.78 is 1.58. The summed E-state index contributed by atoms with van der Waals surface area (Å²) in [6.07, 6.45) is 4.69. The number of amidine groups is 1. The van der Waals surface area contributed by atoms with E-state index >= 15 is 0 Å². The van der Waals surface area contributed by atoms with Crippen molar-refractivity contribution in [1.29, 1.82) is 0 Å². The van der Waals surface area contributed by atoms with Gasteiger partial charge in [0.1, 0.15) is 5.84 Å². The van der Waals surface area contributed by atoms with Gasteiger partial charge in [-0.25, -0.2) is 4.99 Å². The topological polar surface area (TPSA) is 71.3 Å². The van der Waals surface area contributed by atoms with Crippen molar-refractivity contribution in [1.82, 2.24) is 15.1 Å². The van der Waals surface area contributed by atoms with E-state index < -0.39 is 0 Å². The van der Waals surface area contributed by atoms with Crippen LogP contribution < -0.4 is 10.6 Å². The predicted molar refractivity (Wildman–Crippen MR) is 114 cm³/mol. The first-order chi connectivity index (χ1) is 13.5. The van der Waals surface area contributed by atoms with Gasteiger partial charge in [0.15, 0.2) is 0 Å². The lowest BCUT2D eigenvalue weighted by Crippen LogP contribution is -2.28. The Kier molecular flexibility index (Phi) is 5.69. The number of nitrogens with zero attached hydrogens (tertiary/aromatic N) is 3. The zero-order chi connectivity index (χ0) is 20.1. The van der Waals surface area contributed by atoms with Gasteiger partial charge in [0.25, 0.3) is 5.91 Å². The van der Waals surface area contributed by atoms with Crippen molar-refractivity contribution in [3.8, 4) is 11.1 Å². The highest BCUT2D eigenvalue weighted by Gasteiger charge is 2.13. The summed E-state index contributed by atoms with van der Waals surface area (Å²) in [5.74, 6) is 0.0910.